The van der Waals surface area contributed by atoms with Gasteiger partial charge in [-0.3, -0.25) is 0 Å². The molecule has 1 saturated heterocycles. The summed E-state index contributed by atoms with van der Waals surface area (Å²) in [6.45, 7) is 6.28. The van der Waals surface area contributed by atoms with Crippen molar-refractivity contribution in [3.8, 4) is 5.75 Å². The number of aryl methyl sites for hydroxylation is 1. The van der Waals surface area contributed by atoms with Crippen molar-refractivity contribution < 1.29 is 9.84 Å². The number of benzene rings is 1. The maximum atomic E-state index is 10.7. The number of methoxy groups -OCH3 is 1. The van der Waals surface area contributed by atoms with E-state index in [0.29, 0.717) is 0 Å². The van der Waals surface area contributed by atoms with E-state index in [1.54, 1.807) is 7.11 Å². The van der Waals surface area contributed by atoms with Crippen LogP contribution in [-0.2, 0) is 0 Å². The van der Waals surface area contributed by atoms with Crippen molar-refractivity contribution in [2.24, 2.45) is 0 Å². The van der Waals surface area contributed by atoms with Gasteiger partial charge in [0, 0.05) is 10.3 Å². The lowest BCUT2D eigenvalue weighted by Gasteiger charge is -2.31. The van der Waals surface area contributed by atoms with E-state index in [2.05, 4.69) is 26.8 Å². The van der Waals surface area contributed by atoms with E-state index in [1.807, 2.05) is 17.8 Å². The maximum absolute atomic E-state index is 10.7. The Balaban J connectivity index is 2.41. The highest BCUT2D eigenvalue weighted by Gasteiger charge is 2.39. The summed E-state index contributed by atoms with van der Waals surface area (Å²) in [7, 11) is 1.68. The third-order valence-corrected chi connectivity index (χ3v) is 5.61. The van der Waals surface area contributed by atoms with Gasteiger partial charge in [-0.15, -0.1) is 0 Å². The van der Waals surface area contributed by atoms with Gasteiger partial charge < -0.3 is 9.84 Å². The van der Waals surface area contributed by atoms with Gasteiger partial charge in [-0.05, 0) is 50.5 Å². The van der Waals surface area contributed by atoms with Crippen LogP contribution in [0, 0.1) is 13.8 Å². The van der Waals surface area contributed by atoms with Crippen LogP contribution in [0.15, 0.2) is 12.1 Å². The fourth-order valence-electron chi connectivity index (χ4n) is 2.64. The highest BCUT2D eigenvalue weighted by molar-refractivity contribution is 8.00. The van der Waals surface area contributed by atoms with Gasteiger partial charge in [0.15, 0.2) is 0 Å². The fraction of sp³-hybridized carbons (Fsp3) is 0.600. The predicted molar refractivity (Wildman–Crippen MR) is 77.5 cm³/mol. The second-order valence-corrected chi connectivity index (χ2v) is 6.93. The molecular weight excluding hydrogens is 244 g/mol. The first-order chi connectivity index (χ1) is 8.49. The summed E-state index contributed by atoms with van der Waals surface area (Å²) in [6.07, 6.45) is 1.79. The molecule has 3 heteroatoms. The Morgan fingerprint density at radius 3 is 2.67 bits per heavy atom. The number of hydrogen-bond donors (Lipinski definition) is 1. The quantitative estimate of drug-likeness (QED) is 0.906. The number of aliphatic hydroxyl groups is 1. The van der Waals surface area contributed by atoms with E-state index in [0.717, 1.165) is 29.1 Å². The van der Waals surface area contributed by atoms with Gasteiger partial charge in [-0.2, -0.15) is 11.8 Å². The van der Waals surface area contributed by atoms with Crippen molar-refractivity contribution in [1.82, 2.24) is 0 Å². The molecule has 1 fully saturated rings. The number of thioether (sulfide) groups is 1. The minimum Gasteiger partial charge on any atom is -0.496 e. The zero-order chi connectivity index (χ0) is 13.3. The number of rotatable bonds is 3. The van der Waals surface area contributed by atoms with Crippen LogP contribution in [0.1, 0.15) is 42.6 Å². The first-order valence-electron chi connectivity index (χ1n) is 6.45. The first kappa shape index (κ1) is 13.8. The van der Waals surface area contributed by atoms with Crippen LogP contribution in [-0.4, -0.2) is 22.7 Å². The van der Waals surface area contributed by atoms with E-state index in [9.17, 15) is 5.11 Å². The second kappa shape index (κ2) is 5.14. The predicted octanol–water partition coefficient (Wildman–Crippen LogP) is 3.63. The highest BCUT2D eigenvalue weighted by atomic mass is 32.2. The van der Waals surface area contributed by atoms with E-state index >= 15 is 0 Å². The standard InChI is InChI=1S/C15H22O2S/c1-10-6-7-12(13(17-4)11(10)2)14(16)15(3)8-5-9-18-15/h6-7,14,16H,5,8-9H2,1-4H3. The van der Waals surface area contributed by atoms with E-state index in [-0.39, 0.29) is 4.75 Å². The smallest absolute Gasteiger partial charge is 0.127 e. The number of ether oxygens (including phenoxy) is 1. The Morgan fingerprint density at radius 1 is 1.39 bits per heavy atom. The van der Waals surface area contributed by atoms with Gasteiger partial charge >= 0.3 is 0 Å². The molecule has 1 aromatic carbocycles. The number of aliphatic hydroxyl groups excluding tert-OH is 1. The fourth-order valence-corrected chi connectivity index (χ4v) is 3.97. The van der Waals surface area contributed by atoms with Crippen molar-refractivity contribution in [3.05, 3.63) is 28.8 Å². The highest BCUT2D eigenvalue weighted by Crippen LogP contribution is 2.48. The van der Waals surface area contributed by atoms with Crippen molar-refractivity contribution in [2.45, 2.75) is 44.5 Å². The van der Waals surface area contributed by atoms with Gasteiger partial charge in [0.1, 0.15) is 5.75 Å². The average Bonchev–Trinajstić information content (AvgIpc) is 2.80. The SMILES string of the molecule is COc1c(C(O)C2(C)CCCS2)ccc(C)c1C. The van der Waals surface area contributed by atoms with E-state index in [4.69, 9.17) is 4.74 Å². The molecule has 0 spiro atoms. The van der Waals surface area contributed by atoms with Gasteiger partial charge in [0.2, 0.25) is 0 Å². The van der Waals surface area contributed by atoms with Crippen LogP contribution >= 0.6 is 11.8 Å². The van der Waals surface area contributed by atoms with Gasteiger partial charge in [0.05, 0.1) is 13.2 Å². The molecule has 100 valence electrons. The Labute approximate surface area is 114 Å². The molecule has 0 aromatic heterocycles. The lowest BCUT2D eigenvalue weighted by atomic mass is 9.90. The Morgan fingerprint density at radius 2 is 2.11 bits per heavy atom. The first-order valence-corrected chi connectivity index (χ1v) is 7.44. The summed E-state index contributed by atoms with van der Waals surface area (Å²) < 4.78 is 5.44. The molecule has 0 amide bonds. The Kier molecular flexibility index (Phi) is 3.93. The maximum Gasteiger partial charge on any atom is 0.127 e. The zero-order valence-corrected chi connectivity index (χ0v) is 12.4. The summed E-state index contributed by atoms with van der Waals surface area (Å²) in [5.41, 5.74) is 3.25. The molecule has 2 atom stereocenters. The van der Waals surface area contributed by atoms with Crippen LogP contribution in [0.2, 0.25) is 0 Å². The summed E-state index contributed by atoms with van der Waals surface area (Å²) in [5, 5.41) is 10.7. The van der Waals surface area contributed by atoms with E-state index in [1.165, 1.54) is 12.0 Å². The third kappa shape index (κ3) is 2.26. The van der Waals surface area contributed by atoms with Gasteiger partial charge in [0.25, 0.3) is 0 Å². The van der Waals surface area contributed by atoms with Crippen molar-refractivity contribution >= 4 is 11.8 Å². The van der Waals surface area contributed by atoms with Crippen LogP contribution in [0.25, 0.3) is 0 Å². The molecule has 0 radical (unpaired) electrons. The van der Waals surface area contributed by atoms with E-state index < -0.39 is 6.10 Å². The van der Waals surface area contributed by atoms with Crippen molar-refractivity contribution in [2.75, 3.05) is 12.9 Å². The second-order valence-electron chi connectivity index (χ2n) is 5.30. The molecule has 0 bridgehead atoms. The van der Waals surface area contributed by atoms with Gasteiger partial charge in [-0.25, -0.2) is 0 Å². The summed E-state index contributed by atoms with van der Waals surface area (Å²) in [6, 6.07) is 4.08. The molecule has 1 aromatic rings. The normalized spacial score (nSPS) is 25.2. The zero-order valence-electron chi connectivity index (χ0n) is 11.6. The van der Waals surface area contributed by atoms with Crippen LogP contribution in [0.3, 0.4) is 0 Å². The van der Waals surface area contributed by atoms with Crippen LogP contribution < -0.4 is 4.74 Å². The lowest BCUT2D eigenvalue weighted by molar-refractivity contribution is 0.131. The molecule has 2 unspecified atom stereocenters. The Bertz CT molecular complexity index is 436. The van der Waals surface area contributed by atoms with Gasteiger partial charge in [-0.1, -0.05) is 12.1 Å². The lowest BCUT2D eigenvalue weighted by Crippen LogP contribution is -2.26. The molecule has 2 rings (SSSR count). The van der Waals surface area contributed by atoms with Crippen molar-refractivity contribution in [3.63, 3.8) is 0 Å². The minimum atomic E-state index is -0.459. The Hall–Kier alpha value is -0.670. The number of hydrogen-bond acceptors (Lipinski definition) is 3. The summed E-state index contributed by atoms with van der Waals surface area (Å²) in [5.74, 6) is 1.98. The molecule has 1 heterocycles. The minimum absolute atomic E-state index is 0.0744. The molecule has 1 N–H and O–H groups in total. The molecule has 1 aliphatic rings. The molecule has 18 heavy (non-hydrogen) atoms. The third-order valence-electron chi connectivity index (χ3n) is 4.03. The van der Waals surface area contributed by atoms with Crippen molar-refractivity contribution in [1.29, 1.82) is 0 Å². The summed E-state index contributed by atoms with van der Waals surface area (Å²) in [4.78, 5) is 0. The molecular formula is C15H22O2S. The summed E-state index contributed by atoms with van der Waals surface area (Å²) >= 11 is 1.87. The van der Waals surface area contributed by atoms with Crippen LogP contribution in [0.5, 0.6) is 5.75 Å². The molecule has 0 aliphatic carbocycles. The monoisotopic (exact) mass is 266 g/mol. The molecule has 1 aliphatic heterocycles. The largest absolute Gasteiger partial charge is 0.496 e. The molecule has 2 nitrogen and oxygen atoms in total. The average molecular weight is 266 g/mol. The molecule has 0 saturated carbocycles. The van der Waals surface area contributed by atoms with Crippen LogP contribution in [0.4, 0.5) is 0 Å². The topological polar surface area (TPSA) is 29.5 Å².